The van der Waals surface area contributed by atoms with Crippen molar-refractivity contribution in [2.24, 2.45) is 11.8 Å². The first-order chi connectivity index (χ1) is 18.5. The minimum absolute atomic E-state index is 0.00762. The topological polar surface area (TPSA) is 37.3 Å². The molecule has 218 valence electrons. The fourth-order valence-corrected chi connectivity index (χ4v) is 7.19. The molecule has 0 fully saturated rings. The Kier molecular flexibility index (Phi) is 10.9. The number of hydrogen-bond donors (Lipinski definition) is 1. The molecule has 0 amide bonds. The maximum atomic E-state index is 13.3. The molecular weight excluding hydrogens is 529 g/mol. The summed E-state index contributed by atoms with van der Waals surface area (Å²) in [6.45, 7) is 22.4. The van der Waals surface area contributed by atoms with Gasteiger partial charge in [-0.05, 0) is 82.8 Å². The Balaban J connectivity index is 1.93. The van der Waals surface area contributed by atoms with Crippen molar-refractivity contribution in [1.29, 1.82) is 0 Å². The number of carbonyl (C=O) groups is 1. The van der Waals surface area contributed by atoms with Crippen molar-refractivity contribution in [1.82, 2.24) is 0 Å². The van der Waals surface area contributed by atoms with Crippen LogP contribution in [-0.4, -0.2) is 10.9 Å². The van der Waals surface area contributed by atoms with Crippen LogP contribution in [0.25, 0.3) is 6.08 Å². The van der Waals surface area contributed by atoms with Crippen molar-refractivity contribution in [3.8, 4) is 0 Å². The molecule has 1 aliphatic heterocycles. The molecular formula is C36H51O2S2+. The largest absolute Gasteiger partial charge is 0.506 e. The molecule has 0 spiro atoms. The first kappa shape index (κ1) is 32.6. The highest BCUT2D eigenvalue weighted by molar-refractivity contribution is 8.06. The van der Waals surface area contributed by atoms with Crippen LogP contribution in [0.15, 0.2) is 62.6 Å². The van der Waals surface area contributed by atoms with Crippen LogP contribution in [0.3, 0.4) is 0 Å². The van der Waals surface area contributed by atoms with E-state index >= 15 is 0 Å². The summed E-state index contributed by atoms with van der Waals surface area (Å²) < 4.78 is 0. The Hall–Kier alpha value is -1.91. The van der Waals surface area contributed by atoms with Crippen molar-refractivity contribution in [2.75, 3.05) is 0 Å². The number of allylic oxidation sites excluding steroid dienone is 8. The van der Waals surface area contributed by atoms with Gasteiger partial charge in [-0.3, -0.25) is 4.79 Å². The smallest absolute Gasteiger partial charge is 0.219 e. The van der Waals surface area contributed by atoms with Gasteiger partial charge in [-0.25, -0.2) is 0 Å². The molecule has 0 atom stereocenters. The molecule has 40 heavy (non-hydrogen) atoms. The van der Waals surface area contributed by atoms with Crippen LogP contribution >= 0.6 is 23.1 Å². The van der Waals surface area contributed by atoms with Crippen LogP contribution in [-0.2, 0) is 15.6 Å². The van der Waals surface area contributed by atoms with Crippen molar-refractivity contribution in [2.45, 2.75) is 119 Å². The van der Waals surface area contributed by atoms with Gasteiger partial charge >= 0.3 is 0 Å². The van der Waals surface area contributed by atoms with Gasteiger partial charge in [0.2, 0.25) is 26.9 Å². The lowest BCUT2D eigenvalue weighted by Gasteiger charge is -2.22. The van der Waals surface area contributed by atoms with Crippen LogP contribution in [0.4, 0.5) is 0 Å². The second-order valence-corrected chi connectivity index (χ2v) is 16.6. The van der Waals surface area contributed by atoms with Crippen LogP contribution in [0.2, 0.25) is 0 Å². The van der Waals surface area contributed by atoms with E-state index in [9.17, 15) is 9.90 Å². The molecule has 0 radical (unpaired) electrons. The van der Waals surface area contributed by atoms with Gasteiger partial charge in [0.05, 0.1) is 11.1 Å². The van der Waals surface area contributed by atoms with Crippen LogP contribution in [0, 0.1) is 11.8 Å². The number of aliphatic hydroxyl groups excluding tert-OH is 1. The zero-order valence-corrected chi connectivity index (χ0v) is 28.2. The number of hydrogen-bond acceptors (Lipinski definition) is 3. The third-order valence-corrected chi connectivity index (χ3v) is 10.3. The zero-order chi connectivity index (χ0) is 29.8. The Labute approximate surface area is 252 Å². The van der Waals surface area contributed by atoms with Gasteiger partial charge in [0.25, 0.3) is 0 Å². The monoisotopic (exact) mass is 579 g/mol. The first-order valence-electron chi connectivity index (χ1n) is 15.0. The summed E-state index contributed by atoms with van der Waals surface area (Å²) >= 11 is 3.74. The standard InChI is InChI=1S/C36H50O2S2/c1-23(2)13-11-15-27-17-25(18-28(39-27)16-12-14-24(3)4)19-29-33(37)30(34(29)38)20-26-21-31(35(5,6)7)40-32(22-26)36(8,9)10/h17-24H,11-16H2,1-10H3/p+1. The summed E-state index contributed by atoms with van der Waals surface area (Å²) in [5.74, 6) is 1.45. The van der Waals surface area contributed by atoms with E-state index in [1.807, 2.05) is 35.3 Å². The summed E-state index contributed by atoms with van der Waals surface area (Å²) in [6, 6.07) is 4.33. The second-order valence-electron chi connectivity index (χ2n) is 14.3. The van der Waals surface area contributed by atoms with E-state index in [0.29, 0.717) is 23.0 Å². The Morgan fingerprint density at radius 3 is 1.70 bits per heavy atom. The molecule has 4 heteroatoms. The SMILES string of the molecule is CC(C)CCCC1=CC(=CC2=C(O)C(=Cc3cc(C(C)(C)C)[s+]c(C(C)(C)C)c3)C2=O)C=C(CCCC(C)C)S1. The highest BCUT2D eigenvalue weighted by Gasteiger charge is 2.35. The lowest BCUT2D eigenvalue weighted by Crippen LogP contribution is -2.21. The number of ketones is 1. The molecule has 1 N–H and O–H groups in total. The zero-order valence-electron chi connectivity index (χ0n) is 26.5. The predicted octanol–water partition coefficient (Wildman–Crippen LogP) is 11.5. The maximum Gasteiger partial charge on any atom is 0.219 e. The van der Waals surface area contributed by atoms with E-state index in [4.69, 9.17) is 0 Å². The summed E-state index contributed by atoms with van der Waals surface area (Å²) in [5.41, 5.74) is 2.86. The molecule has 2 heterocycles. The van der Waals surface area contributed by atoms with E-state index in [0.717, 1.165) is 24.0 Å². The van der Waals surface area contributed by atoms with Gasteiger partial charge in [0.15, 0.2) is 0 Å². The molecule has 0 unspecified atom stereocenters. The molecule has 1 aliphatic carbocycles. The van der Waals surface area contributed by atoms with Crippen molar-refractivity contribution < 1.29 is 9.90 Å². The average molecular weight is 580 g/mol. The first-order valence-corrected chi connectivity index (χ1v) is 16.7. The third-order valence-electron chi connectivity index (χ3n) is 7.24. The number of carbonyl (C=O) groups excluding carboxylic acids is 1. The number of thioether (sulfide) groups is 1. The summed E-state index contributed by atoms with van der Waals surface area (Å²) in [7, 11) is 0. The summed E-state index contributed by atoms with van der Waals surface area (Å²) in [6.07, 6.45) is 15.1. The van der Waals surface area contributed by atoms with Crippen LogP contribution in [0.5, 0.6) is 0 Å². The molecule has 2 aliphatic rings. The fourth-order valence-electron chi connectivity index (χ4n) is 4.73. The Morgan fingerprint density at radius 1 is 0.825 bits per heavy atom. The average Bonchev–Trinajstić information content (AvgIpc) is 2.84. The van der Waals surface area contributed by atoms with Gasteiger partial charge in [0, 0.05) is 23.0 Å². The lowest BCUT2D eigenvalue weighted by atomic mass is 9.84. The molecule has 2 nitrogen and oxygen atoms in total. The molecule has 1 aromatic heterocycles. The van der Waals surface area contributed by atoms with Crippen LogP contribution in [0.1, 0.15) is 123 Å². The van der Waals surface area contributed by atoms with Crippen molar-refractivity contribution >= 4 is 35.0 Å². The second kappa shape index (κ2) is 13.4. The van der Waals surface area contributed by atoms with E-state index in [1.165, 1.54) is 45.2 Å². The minimum Gasteiger partial charge on any atom is -0.506 e. The van der Waals surface area contributed by atoms with Crippen molar-refractivity contribution in [3.63, 3.8) is 0 Å². The fraction of sp³-hybridized carbons (Fsp3) is 0.556. The Bertz CT molecular complexity index is 1190. The normalized spacial score (nSPS) is 17.6. The quantitative estimate of drug-likeness (QED) is 0.221. The summed E-state index contributed by atoms with van der Waals surface area (Å²) in [4.78, 5) is 18.6. The maximum absolute atomic E-state index is 13.3. The van der Waals surface area contributed by atoms with Gasteiger partial charge in [-0.2, -0.15) is 0 Å². The van der Waals surface area contributed by atoms with Gasteiger partial charge in [-0.15, -0.1) is 0 Å². The van der Waals surface area contributed by atoms with Crippen LogP contribution < -0.4 is 0 Å². The van der Waals surface area contributed by atoms with E-state index < -0.39 is 0 Å². The number of Topliss-reactive ketones (excluding diaryl/α,β-unsaturated/α-hetero) is 1. The molecule has 3 rings (SSSR count). The number of aliphatic hydroxyl groups is 1. The summed E-state index contributed by atoms with van der Waals surface area (Å²) in [5, 5.41) is 11.0. The van der Waals surface area contributed by atoms with Gasteiger partial charge < -0.3 is 5.11 Å². The van der Waals surface area contributed by atoms with E-state index in [-0.39, 0.29) is 22.4 Å². The molecule has 0 aromatic carbocycles. The van der Waals surface area contributed by atoms with Gasteiger partial charge in [-0.1, -0.05) is 93.8 Å². The Morgan fingerprint density at radius 2 is 1.30 bits per heavy atom. The number of rotatable bonds is 10. The third kappa shape index (κ3) is 9.05. The predicted molar refractivity (Wildman–Crippen MR) is 178 cm³/mol. The molecule has 0 bridgehead atoms. The van der Waals surface area contributed by atoms with E-state index in [2.05, 4.69) is 93.5 Å². The molecule has 0 saturated carbocycles. The molecule has 0 saturated heterocycles. The minimum atomic E-state index is -0.0742. The lowest BCUT2D eigenvalue weighted by molar-refractivity contribution is -0.113. The highest BCUT2D eigenvalue weighted by atomic mass is 32.2. The van der Waals surface area contributed by atoms with E-state index in [1.54, 1.807) is 0 Å². The highest BCUT2D eigenvalue weighted by Crippen LogP contribution is 2.41. The van der Waals surface area contributed by atoms with Gasteiger partial charge in [0.1, 0.15) is 5.76 Å². The van der Waals surface area contributed by atoms with Crippen molar-refractivity contribution in [3.05, 3.63) is 78.0 Å². The molecule has 1 aromatic rings.